The number of rotatable bonds is 4. The number of benzene rings is 1. The highest BCUT2D eigenvalue weighted by Crippen LogP contribution is 2.28. The van der Waals surface area contributed by atoms with Gasteiger partial charge in [0.25, 0.3) is 0 Å². The van der Waals surface area contributed by atoms with Gasteiger partial charge in [-0.2, -0.15) is 0 Å². The van der Waals surface area contributed by atoms with Crippen LogP contribution in [0.4, 0.5) is 0 Å². The SMILES string of the molecule is Cc1cccc(C(O)C(C)CC(=O)O)c1C. The Kier molecular flexibility index (Phi) is 4.07. The average molecular weight is 222 g/mol. The molecule has 2 unspecified atom stereocenters. The van der Waals surface area contributed by atoms with Gasteiger partial charge in [-0.05, 0) is 36.5 Å². The number of carboxylic acid groups (broad SMARTS) is 1. The van der Waals surface area contributed by atoms with E-state index in [0.717, 1.165) is 16.7 Å². The molecule has 1 aromatic rings. The molecule has 0 aliphatic heterocycles. The van der Waals surface area contributed by atoms with E-state index in [9.17, 15) is 9.90 Å². The van der Waals surface area contributed by atoms with Gasteiger partial charge < -0.3 is 10.2 Å². The Bertz CT molecular complexity index is 385. The maximum atomic E-state index is 10.6. The molecule has 0 radical (unpaired) electrons. The Morgan fingerprint density at radius 2 is 2.00 bits per heavy atom. The molecule has 2 N–H and O–H groups in total. The van der Waals surface area contributed by atoms with Gasteiger partial charge in [0.2, 0.25) is 0 Å². The fraction of sp³-hybridized carbons (Fsp3) is 0.462. The maximum Gasteiger partial charge on any atom is 0.303 e. The smallest absolute Gasteiger partial charge is 0.303 e. The highest BCUT2D eigenvalue weighted by Gasteiger charge is 2.20. The van der Waals surface area contributed by atoms with Crippen LogP contribution in [0, 0.1) is 19.8 Å². The average Bonchev–Trinajstić information content (AvgIpc) is 2.20. The van der Waals surface area contributed by atoms with Crippen LogP contribution >= 0.6 is 0 Å². The van der Waals surface area contributed by atoms with Crippen molar-refractivity contribution in [1.82, 2.24) is 0 Å². The fourth-order valence-corrected chi connectivity index (χ4v) is 1.79. The lowest BCUT2D eigenvalue weighted by atomic mass is 9.90. The number of carboxylic acids is 1. The van der Waals surface area contributed by atoms with Crippen molar-refractivity contribution in [2.75, 3.05) is 0 Å². The zero-order valence-corrected chi connectivity index (χ0v) is 9.90. The summed E-state index contributed by atoms with van der Waals surface area (Å²) in [6, 6.07) is 5.72. The highest BCUT2D eigenvalue weighted by molar-refractivity contribution is 5.67. The summed E-state index contributed by atoms with van der Waals surface area (Å²) in [7, 11) is 0. The van der Waals surface area contributed by atoms with E-state index in [-0.39, 0.29) is 12.3 Å². The van der Waals surface area contributed by atoms with E-state index in [2.05, 4.69) is 0 Å². The summed E-state index contributed by atoms with van der Waals surface area (Å²) in [4.78, 5) is 10.6. The van der Waals surface area contributed by atoms with Crippen LogP contribution in [0.15, 0.2) is 18.2 Å². The van der Waals surface area contributed by atoms with Crippen molar-refractivity contribution < 1.29 is 15.0 Å². The lowest BCUT2D eigenvalue weighted by molar-refractivity contribution is -0.139. The monoisotopic (exact) mass is 222 g/mol. The first-order valence-electron chi connectivity index (χ1n) is 5.39. The Labute approximate surface area is 95.7 Å². The molecule has 0 bridgehead atoms. The van der Waals surface area contributed by atoms with Gasteiger partial charge in [0.15, 0.2) is 0 Å². The van der Waals surface area contributed by atoms with Crippen LogP contribution in [0.25, 0.3) is 0 Å². The van der Waals surface area contributed by atoms with Gasteiger partial charge in [-0.25, -0.2) is 0 Å². The quantitative estimate of drug-likeness (QED) is 0.822. The number of aliphatic hydroxyl groups is 1. The van der Waals surface area contributed by atoms with Gasteiger partial charge in [0, 0.05) is 0 Å². The molecule has 1 rings (SSSR count). The molecular formula is C13H18O3. The standard InChI is InChI=1S/C13H18O3/c1-8-5-4-6-11(10(8)3)13(16)9(2)7-12(14)15/h4-6,9,13,16H,7H2,1-3H3,(H,14,15). The van der Waals surface area contributed by atoms with Gasteiger partial charge in [0.1, 0.15) is 0 Å². The van der Waals surface area contributed by atoms with Gasteiger partial charge in [-0.15, -0.1) is 0 Å². The molecule has 0 aliphatic carbocycles. The van der Waals surface area contributed by atoms with Crippen LogP contribution in [0.3, 0.4) is 0 Å². The predicted molar refractivity (Wildman–Crippen MR) is 62.3 cm³/mol. The van der Waals surface area contributed by atoms with Crippen LogP contribution in [-0.2, 0) is 4.79 Å². The molecule has 3 heteroatoms. The van der Waals surface area contributed by atoms with Crippen LogP contribution in [0.1, 0.15) is 36.1 Å². The predicted octanol–water partition coefficient (Wildman–Crippen LogP) is 2.45. The minimum atomic E-state index is -0.878. The molecule has 0 aromatic heterocycles. The molecule has 0 saturated carbocycles. The highest BCUT2D eigenvalue weighted by atomic mass is 16.4. The Hall–Kier alpha value is -1.35. The van der Waals surface area contributed by atoms with Gasteiger partial charge in [-0.1, -0.05) is 25.1 Å². The molecule has 88 valence electrons. The fourth-order valence-electron chi connectivity index (χ4n) is 1.79. The van der Waals surface area contributed by atoms with Gasteiger partial charge in [0.05, 0.1) is 12.5 Å². The van der Waals surface area contributed by atoms with E-state index in [1.807, 2.05) is 32.0 Å². The second kappa shape index (κ2) is 5.12. The zero-order chi connectivity index (χ0) is 12.3. The lowest BCUT2D eigenvalue weighted by Crippen LogP contribution is -2.14. The topological polar surface area (TPSA) is 57.5 Å². The van der Waals surface area contributed by atoms with E-state index < -0.39 is 12.1 Å². The zero-order valence-electron chi connectivity index (χ0n) is 9.90. The van der Waals surface area contributed by atoms with Crippen molar-refractivity contribution in [1.29, 1.82) is 0 Å². The van der Waals surface area contributed by atoms with Crippen molar-refractivity contribution in [2.45, 2.75) is 33.3 Å². The summed E-state index contributed by atoms with van der Waals surface area (Å²) in [5.41, 5.74) is 2.97. The molecule has 3 nitrogen and oxygen atoms in total. The Balaban J connectivity index is 2.91. The van der Waals surface area contributed by atoms with E-state index in [0.29, 0.717) is 0 Å². The van der Waals surface area contributed by atoms with Crippen molar-refractivity contribution in [3.05, 3.63) is 34.9 Å². The van der Waals surface area contributed by atoms with Crippen molar-refractivity contribution in [2.24, 2.45) is 5.92 Å². The van der Waals surface area contributed by atoms with E-state index in [4.69, 9.17) is 5.11 Å². The van der Waals surface area contributed by atoms with Gasteiger partial charge >= 0.3 is 5.97 Å². The third-order valence-corrected chi connectivity index (χ3v) is 3.00. The maximum absolute atomic E-state index is 10.6. The van der Waals surface area contributed by atoms with Crippen molar-refractivity contribution in [3.8, 4) is 0 Å². The van der Waals surface area contributed by atoms with Gasteiger partial charge in [-0.3, -0.25) is 4.79 Å². The number of aliphatic carboxylic acids is 1. The molecule has 0 amide bonds. The Morgan fingerprint density at radius 3 is 2.56 bits per heavy atom. The minimum Gasteiger partial charge on any atom is -0.481 e. The molecular weight excluding hydrogens is 204 g/mol. The Morgan fingerprint density at radius 1 is 1.38 bits per heavy atom. The number of carbonyl (C=O) groups is 1. The third kappa shape index (κ3) is 2.83. The summed E-state index contributed by atoms with van der Waals surface area (Å²) < 4.78 is 0. The summed E-state index contributed by atoms with van der Waals surface area (Å²) in [6.45, 7) is 5.68. The molecule has 0 heterocycles. The van der Waals surface area contributed by atoms with E-state index in [1.54, 1.807) is 6.92 Å². The summed E-state index contributed by atoms with van der Waals surface area (Å²) in [6.07, 6.45) is -0.731. The number of aliphatic hydroxyl groups excluding tert-OH is 1. The van der Waals surface area contributed by atoms with Crippen LogP contribution in [0.5, 0.6) is 0 Å². The van der Waals surface area contributed by atoms with Crippen molar-refractivity contribution >= 4 is 5.97 Å². The normalized spacial score (nSPS) is 14.5. The lowest BCUT2D eigenvalue weighted by Gasteiger charge is -2.20. The first-order chi connectivity index (χ1) is 7.43. The molecule has 16 heavy (non-hydrogen) atoms. The molecule has 1 aromatic carbocycles. The number of hydrogen-bond acceptors (Lipinski definition) is 2. The molecule has 0 spiro atoms. The first-order valence-corrected chi connectivity index (χ1v) is 5.39. The first kappa shape index (κ1) is 12.7. The largest absolute Gasteiger partial charge is 0.481 e. The molecule has 0 aliphatic rings. The van der Waals surface area contributed by atoms with Crippen LogP contribution < -0.4 is 0 Å². The number of hydrogen-bond donors (Lipinski definition) is 2. The van der Waals surface area contributed by atoms with E-state index >= 15 is 0 Å². The van der Waals surface area contributed by atoms with Crippen LogP contribution in [0.2, 0.25) is 0 Å². The molecule has 0 saturated heterocycles. The van der Waals surface area contributed by atoms with E-state index in [1.165, 1.54) is 0 Å². The van der Waals surface area contributed by atoms with Crippen LogP contribution in [-0.4, -0.2) is 16.2 Å². The molecule has 2 atom stereocenters. The number of aryl methyl sites for hydroxylation is 1. The third-order valence-electron chi connectivity index (χ3n) is 3.00. The summed E-state index contributed by atoms with van der Waals surface area (Å²) in [5, 5.41) is 18.8. The van der Waals surface area contributed by atoms with Crippen molar-refractivity contribution in [3.63, 3.8) is 0 Å². The summed E-state index contributed by atoms with van der Waals surface area (Å²) in [5.74, 6) is -1.16. The second-order valence-corrected chi connectivity index (χ2v) is 4.31. The second-order valence-electron chi connectivity index (χ2n) is 4.31. The summed E-state index contributed by atoms with van der Waals surface area (Å²) >= 11 is 0. The molecule has 0 fully saturated rings. The minimum absolute atomic E-state index is 0.0193.